The first kappa shape index (κ1) is 10.7. The van der Waals surface area contributed by atoms with Crippen molar-refractivity contribution in [2.24, 2.45) is 5.92 Å². The van der Waals surface area contributed by atoms with E-state index in [2.05, 4.69) is 11.4 Å². The number of carbonyl (C=O) groups is 2. The van der Waals surface area contributed by atoms with E-state index >= 15 is 0 Å². The average molecular weight is 251 g/mol. The largest absolute Gasteiger partial charge is 0.344 e. The highest BCUT2D eigenvalue weighted by molar-refractivity contribution is 6.11. The van der Waals surface area contributed by atoms with E-state index in [1.165, 1.54) is 0 Å². The summed E-state index contributed by atoms with van der Waals surface area (Å²) in [5.41, 5.74) is 3.34. The quantitative estimate of drug-likeness (QED) is 0.769. The molecule has 2 unspecified atom stereocenters. The molecule has 1 saturated heterocycles. The predicted molar refractivity (Wildman–Crippen MR) is 70.5 cm³/mol. The topological polar surface area (TPSA) is 46.2 Å². The van der Waals surface area contributed by atoms with Crippen LogP contribution in [0.3, 0.4) is 0 Å². The van der Waals surface area contributed by atoms with Crippen LogP contribution in [0.1, 0.15) is 34.8 Å². The fourth-order valence-corrected chi connectivity index (χ4v) is 3.40. The van der Waals surface area contributed by atoms with Crippen LogP contribution in [0.25, 0.3) is 0 Å². The highest BCUT2D eigenvalue weighted by atomic mass is 16.2. The van der Waals surface area contributed by atoms with Crippen LogP contribution in [0, 0.1) is 5.92 Å². The zero-order valence-electron chi connectivity index (χ0n) is 10.3. The number of hydrogen-bond donors (Lipinski definition) is 1. The molecule has 2 aliphatic carbocycles. The van der Waals surface area contributed by atoms with Crippen molar-refractivity contribution in [1.29, 1.82) is 0 Å². The van der Waals surface area contributed by atoms with E-state index in [-0.39, 0.29) is 23.7 Å². The van der Waals surface area contributed by atoms with Gasteiger partial charge in [0, 0.05) is 11.1 Å². The number of ketones is 1. The zero-order valence-corrected chi connectivity index (χ0v) is 10.3. The van der Waals surface area contributed by atoms with Crippen molar-refractivity contribution in [1.82, 2.24) is 5.32 Å². The maximum absolute atomic E-state index is 12.6. The molecule has 2 atom stereocenters. The smallest absolute Gasteiger partial charge is 0.251 e. The molecule has 19 heavy (non-hydrogen) atoms. The standard InChI is InChI=1S/C16H13NO2/c18-15-11-7-3-2-6-10(11)14-13(15)9-5-1-4-8-12(9)16(19)17-14/h2-3,5-8,13-14H,1,4H2,(H,17,19). The summed E-state index contributed by atoms with van der Waals surface area (Å²) in [6.45, 7) is 0. The number of nitrogens with one attached hydrogen (secondary N) is 1. The van der Waals surface area contributed by atoms with Gasteiger partial charge in [0.15, 0.2) is 5.78 Å². The molecule has 94 valence electrons. The lowest BCUT2D eigenvalue weighted by Crippen LogP contribution is -2.41. The van der Waals surface area contributed by atoms with E-state index < -0.39 is 0 Å². The van der Waals surface area contributed by atoms with E-state index in [0.717, 1.165) is 29.5 Å². The molecular weight excluding hydrogens is 238 g/mol. The molecule has 0 saturated carbocycles. The summed E-state index contributed by atoms with van der Waals surface area (Å²) in [6.07, 6.45) is 5.82. The van der Waals surface area contributed by atoms with Crippen LogP contribution in [0.4, 0.5) is 0 Å². The summed E-state index contributed by atoms with van der Waals surface area (Å²) in [6, 6.07) is 7.41. The monoisotopic (exact) mass is 251 g/mol. The molecule has 4 rings (SSSR count). The molecule has 0 bridgehead atoms. The molecule has 1 heterocycles. The summed E-state index contributed by atoms with van der Waals surface area (Å²) in [7, 11) is 0. The molecule has 1 aromatic rings. The maximum Gasteiger partial charge on any atom is 0.251 e. The van der Waals surface area contributed by atoms with E-state index in [9.17, 15) is 9.59 Å². The van der Waals surface area contributed by atoms with Gasteiger partial charge >= 0.3 is 0 Å². The van der Waals surface area contributed by atoms with Crippen LogP contribution in [-0.4, -0.2) is 11.7 Å². The summed E-state index contributed by atoms with van der Waals surface area (Å²) in [5.74, 6) is -0.127. The molecule has 3 heteroatoms. The minimum Gasteiger partial charge on any atom is -0.344 e. The van der Waals surface area contributed by atoms with Crippen molar-refractivity contribution in [3.05, 3.63) is 58.7 Å². The third-order valence-corrected chi connectivity index (χ3v) is 4.23. The first-order valence-corrected chi connectivity index (χ1v) is 6.62. The Bertz CT molecular complexity index is 669. The van der Waals surface area contributed by atoms with E-state index in [1.807, 2.05) is 30.3 Å². The molecule has 1 N–H and O–H groups in total. The molecule has 1 aromatic carbocycles. The summed E-state index contributed by atoms with van der Waals surface area (Å²) < 4.78 is 0. The number of rotatable bonds is 0. The Balaban J connectivity index is 1.90. The van der Waals surface area contributed by atoms with Crippen LogP contribution in [0.2, 0.25) is 0 Å². The number of piperidine rings is 1. The lowest BCUT2D eigenvalue weighted by atomic mass is 9.79. The van der Waals surface area contributed by atoms with Crippen LogP contribution < -0.4 is 5.32 Å². The highest BCUT2D eigenvalue weighted by Crippen LogP contribution is 2.46. The van der Waals surface area contributed by atoms with Crippen molar-refractivity contribution in [3.63, 3.8) is 0 Å². The van der Waals surface area contributed by atoms with Crippen molar-refractivity contribution in [2.45, 2.75) is 18.9 Å². The first-order chi connectivity index (χ1) is 9.27. The molecule has 1 fully saturated rings. The van der Waals surface area contributed by atoms with Crippen LogP contribution in [0.5, 0.6) is 0 Å². The van der Waals surface area contributed by atoms with Gasteiger partial charge in [0.1, 0.15) is 0 Å². The van der Waals surface area contributed by atoms with E-state index in [1.54, 1.807) is 0 Å². The number of Topliss-reactive ketones (excluding diaryl/α,β-unsaturated/α-hetero) is 1. The molecule has 3 nitrogen and oxygen atoms in total. The Morgan fingerprint density at radius 3 is 2.74 bits per heavy atom. The van der Waals surface area contributed by atoms with Gasteiger partial charge in [-0.2, -0.15) is 0 Å². The molecule has 0 aromatic heterocycles. The van der Waals surface area contributed by atoms with Gasteiger partial charge in [-0.25, -0.2) is 0 Å². The van der Waals surface area contributed by atoms with Gasteiger partial charge in [-0.1, -0.05) is 36.4 Å². The van der Waals surface area contributed by atoms with Gasteiger partial charge < -0.3 is 5.32 Å². The van der Waals surface area contributed by atoms with Gasteiger partial charge in [0.05, 0.1) is 12.0 Å². The van der Waals surface area contributed by atoms with E-state index in [0.29, 0.717) is 5.57 Å². The number of benzene rings is 1. The molecule has 1 amide bonds. The van der Waals surface area contributed by atoms with Crippen molar-refractivity contribution >= 4 is 11.7 Å². The van der Waals surface area contributed by atoms with E-state index in [4.69, 9.17) is 0 Å². The average Bonchev–Trinajstić information content (AvgIpc) is 2.73. The van der Waals surface area contributed by atoms with Gasteiger partial charge in [-0.3, -0.25) is 9.59 Å². The minimum absolute atomic E-state index is 0.0447. The molecular formula is C16H13NO2. The van der Waals surface area contributed by atoms with Crippen LogP contribution in [0.15, 0.2) is 47.6 Å². The normalized spacial score (nSPS) is 27.8. The Labute approximate surface area is 111 Å². The van der Waals surface area contributed by atoms with Gasteiger partial charge in [0.25, 0.3) is 5.91 Å². The fourth-order valence-electron chi connectivity index (χ4n) is 3.40. The Morgan fingerprint density at radius 1 is 1.05 bits per heavy atom. The number of fused-ring (bicyclic) bond motifs is 5. The Hall–Kier alpha value is -2.16. The number of hydrogen-bond acceptors (Lipinski definition) is 2. The SMILES string of the molecule is O=C1NC2c3ccccc3C(=O)C2C2=CCCC=C12. The summed E-state index contributed by atoms with van der Waals surface area (Å²) in [5, 5.41) is 3.00. The summed E-state index contributed by atoms with van der Waals surface area (Å²) in [4.78, 5) is 24.7. The summed E-state index contributed by atoms with van der Waals surface area (Å²) >= 11 is 0. The van der Waals surface area contributed by atoms with Crippen LogP contribution >= 0.6 is 0 Å². The number of carbonyl (C=O) groups excluding carboxylic acids is 2. The van der Waals surface area contributed by atoms with Crippen molar-refractivity contribution < 1.29 is 9.59 Å². The molecule has 1 aliphatic heterocycles. The van der Waals surface area contributed by atoms with Gasteiger partial charge in [-0.05, 0) is 24.0 Å². The Kier molecular flexibility index (Phi) is 2.07. The maximum atomic E-state index is 12.6. The zero-order chi connectivity index (χ0) is 13.0. The van der Waals surface area contributed by atoms with Gasteiger partial charge in [-0.15, -0.1) is 0 Å². The second kappa shape index (κ2) is 3.67. The predicted octanol–water partition coefficient (Wildman–Crippen LogP) is 2.32. The third kappa shape index (κ3) is 1.33. The van der Waals surface area contributed by atoms with Crippen LogP contribution in [-0.2, 0) is 4.79 Å². The third-order valence-electron chi connectivity index (χ3n) is 4.23. The fraction of sp³-hybridized carbons (Fsp3) is 0.250. The number of allylic oxidation sites excluding steroid dienone is 2. The lowest BCUT2D eigenvalue weighted by Gasteiger charge is -2.32. The minimum atomic E-state index is -0.221. The number of amides is 1. The first-order valence-electron chi connectivity index (χ1n) is 6.62. The lowest BCUT2D eigenvalue weighted by molar-refractivity contribution is -0.118. The highest BCUT2D eigenvalue weighted by Gasteiger charge is 2.47. The second-order valence-corrected chi connectivity index (χ2v) is 5.23. The molecule has 0 spiro atoms. The second-order valence-electron chi connectivity index (χ2n) is 5.23. The van der Waals surface area contributed by atoms with Crippen molar-refractivity contribution in [3.8, 4) is 0 Å². The molecule has 0 radical (unpaired) electrons. The molecule has 3 aliphatic rings. The Morgan fingerprint density at radius 2 is 1.84 bits per heavy atom. The van der Waals surface area contributed by atoms with Crippen molar-refractivity contribution in [2.75, 3.05) is 0 Å². The van der Waals surface area contributed by atoms with Gasteiger partial charge in [0.2, 0.25) is 0 Å².